The van der Waals surface area contributed by atoms with Crippen LogP contribution in [0.5, 0.6) is 5.75 Å². The van der Waals surface area contributed by atoms with Gasteiger partial charge in [0.1, 0.15) is 11.9 Å². The Morgan fingerprint density at radius 1 is 1.14 bits per heavy atom. The van der Waals surface area contributed by atoms with Gasteiger partial charge < -0.3 is 25.4 Å². The summed E-state index contributed by atoms with van der Waals surface area (Å²) in [5.74, 6) is 0.0686. The van der Waals surface area contributed by atoms with E-state index < -0.39 is 5.97 Å². The van der Waals surface area contributed by atoms with E-state index >= 15 is 0 Å². The van der Waals surface area contributed by atoms with Crippen molar-refractivity contribution in [1.29, 1.82) is 0 Å². The van der Waals surface area contributed by atoms with E-state index in [1.54, 1.807) is 0 Å². The van der Waals surface area contributed by atoms with Crippen molar-refractivity contribution >= 4 is 33.7 Å². The Hall–Kier alpha value is -3.07. The molecule has 1 atom stereocenters. The van der Waals surface area contributed by atoms with E-state index in [0.717, 1.165) is 54.5 Å². The van der Waals surface area contributed by atoms with Gasteiger partial charge in [0.25, 0.3) is 0 Å². The number of carbonyl (C=O) groups is 1. The molecule has 1 aliphatic rings. The third kappa shape index (κ3) is 6.14. The van der Waals surface area contributed by atoms with Gasteiger partial charge in [0.15, 0.2) is 4.88 Å². The molecule has 1 fully saturated rings. The first-order valence-electron chi connectivity index (χ1n) is 11.8. The zero-order valence-corrected chi connectivity index (χ0v) is 21.7. The number of hydrogen-bond donors (Lipinski definition) is 2. The molecule has 4 rings (SSSR count). The first kappa shape index (κ1) is 25.0. The molecular weight excluding hydrogens is 460 g/mol. The van der Waals surface area contributed by atoms with E-state index in [-0.39, 0.29) is 6.10 Å². The van der Waals surface area contributed by atoms with Crippen LogP contribution < -0.4 is 15.8 Å². The maximum absolute atomic E-state index is 12.5. The molecule has 35 heavy (non-hydrogen) atoms. The van der Waals surface area contributed by atoms with Crippen molar-refractivity contribution in [3.8, 4) is 5.75 Å². The van der Waals surface area contributed by atoms with Gasteiger partial charge in [-0.1, -0.05) is 30.3 Å². The summed E-state index contributed by atoms with van der Waals surface area (Å²) in [7, 11) is 3.54. The highest BCUT2D eigenvalue weighted by Gasteiger charge is 2.22. The Kier molecular flexibility index (Phi) is 7.95. The number of piperazine rings is 1. The summed E-state index contributed by atoms with van der Waals surface area (Å²) in [6.45, 7) is 9.17. The molecule has 1 aliphatic heterocycles. The van der Waals surface area contributed by atoms with E-state index in [2.05, 4.69) is 47.3 Å². The van der Waals surface area contributed by atoms with E-state index in [1.807, 2.05) is 37.3 Å². The number of nitrogens with one attached hydrogen (secondary N) is 1. The molecule has 2 heterocycles. The fourth-order valence-electron chi connectivity index (χ4n) is 4.26. The minimum absolute atomic E-state index is 0.223. The molecule has 2 aromatic carbocycles. The van der Waals surface area contributed by atoms with Crippen LogP contribution in [0.1, 0.15) is 39.4 Å². The zero-order chi connectivity index (χ0) is 24.9. The predicted octanol–water partition coefficient (Wildman–Crippen LogP) is 5.06. The molecule has 0 amide bonds. The van der Waals surface area contributed by atoms with Crippen molar-refractivity contribution in [3.05, 3.63) is 70.1 Å². The number of hydrogen-bond acceptors (Lipinski definition) is 8. The molecule has 7 nitrogen and oxygen atoms in total. The molecule has 0 aliphatic carbocycles. The van der Waals surface area contributed by atoms with Crippen LogP contribution in [0, 0.1) is 6.92 Å². The maximum Gasteiger partial charge on any atom is 0.351 e. The lowest BCUT2D eigenvalue weighted by Gasteiger charge is -2.32. The number of esters is 1. The van der Waals surface area contributed by atoms with Crippen molar-refractivity contribution < 1.29 is 14.3 Å². The number of benzene rings is 2. The number of thiophene rings is 1. The molecule has 1 saturated heterocycles. The molecule has 0 saturated carbocycles. The lowest BCUT2D eigenvalue weighted by Crippen LogP contribution is -2.43. The third-order valence-corrected chi connectivity index (χ3v) is 7.39. The molecule has 0 spiro atoms. The van der Waals surface area contributed by atoms with Crippen LogP contribution in [0.4, 0.5) is 16.4 Å². The summed E-state index contributed by atoms with van der Waals surface area (Å²) in [4.78, 5) is 17.7. The van der Waals surface area contributed by atoms with Gasteiger partial charge in [-0.3, -0.25) is 4.90 Å². The predicted molar refractivity (Wildman–Crippen MR) is 143 cm³/mol. The minimum Gasteiger partial charge on any atom is -0.484 e. The number of likely N-dealkylation sites (N-methyl/N-ethyl adjacent to an activating group) is 1. The van der Waals surface area contributed by atoms with Crippen molar-refractivity contribution in [1.82, 2.24) is 9.80 Å². The summed E-state index contributed by atoms with van der Waals surface area (Å²) >= 11 is 1.30. The van der Waals surface area contributed by atoms with Crippen molar-refractivity contribution in [2.75, 3.05) is 51.4 Å². The molecular formula is C27H34N4O3S. The van der Waals surface area contributed by atoms with Crippen molar-refractivity contribution in [2.24, 2.45) is 0 Å². The monoisotopic (exact) mass is 494 g/mol. The average Bonchev–Trinajstić information content (AvgIpc) is 3.24. The lowest BCUT2D eigenvalue weighted by molar-refractivity contribution is 0.0600. The molecule has 8 heteroatoms. The Labute approximate surface area is 211 Å². The fourth-order valence-corrected chi connectivity index (χ4v) is 5.18. The summed E-state index contributed by atoms with van der Waals surface area (Å²) in [6.07, 6.45) is -0.223. The standard InChI is InChI=1S/C27H34N4O3S/c1-18-7-5-6-8-21(18)19(2)34-24-16-25(35-26(24)27(32)33-4)29-23-15-20(9-10-22(23)28)17-31-13-11-30(3)12-14-31/h5-10,15-16,19,29H,11-14,17,28H2,1-4H3/t19-/m1/s1. The molecule has 3 N–H and O–H groups in total. The molecule has 0 radical (unpaired) electrons. The van der Waals surface area contributed by atoms with Crippen molar-refractivity contribution in [2.45, 2.75) is 26.5 Å². The van der Waals surface area contributed by atoms with Crippen LogP contribution in [0.3, 0.4) is 0 Å². The van der Waals surface area contributed by atoms with E-state index in [9.17, 15) is 4.79 Å². The number of ether oxygens (including phenoxy) is 2. The summed E-state index contributed by atoms with van der Waals surface area (Å²) < 4.78 is 11.3. The topological polar surface area (TPSA) is 80.1 Å². The molecule has 1 aromatic heterocycles. The molecule has 0 bridgehead atoms. The number of methoxy groups -OCH3 is 1. The van der Waals surface area contributed by atoms with Gasteiger partial charge in [0, 0.05) is 38.8 Å². The van der Waals surface area contributed by atoms with Crippen molar-refractivity contribution in [3.63, 3.8) is 0 Å². The van der Waals surface area contributed by atoms with E-state index in [1.165, 1.54) is 24.0 Å². The number of anilines is 3. The number of nitrogens with zero attached hydrogens (tertiary/aromatic N) is 2. The van der Waals surface area contributed by atoms with Gasteiger partial charge in [-0.25, -0.2) is 4.79 Å². The van der Waals surface area contributed by atoms with Crippen LogP contribution in [0.15, 0.2) is 48.5 Å². The number of nitrogen functional groups attached to an aromatic ring is 1. The second-order valence-corrected chi connectivity index (χ2v) is 10.1. The average molecular weight is 495 g/mol. The number of nitrogens with two attached hydrogens (primary N) is 1. The fraction of sp³-hybridized carbons (Fsp3) is 0.370. The maximum atomic E-state index is 12.5. The largest absolute Gasteiger partial charge is 0.484 e. The molecule has 3 aromatic rings. The molecule has 186 valence electrons. The van der Waals surface area contributed by atoms with E-state index in [4.69, 9.17) is 15.2 Å². The third-order valence-electron chi connectivity index (χ3n) is 6.38. The van der Waals surface area contributed by atoms with Crippen LogP contribution >= 0.6 is 11.3 Å². The Morgan fingerprint density at radius 3 is 2.60 bits per heavy atom. The van der Waals surface area contributed by atoms with Crippen LogP contribution in [0.25, 0.3) is 0 Å². The highest BCUT2D eigenvalue weighted by Crippen LogP contribution is 2.39. The minimum atomic E-state index is -0.424. The quantitative estimate of drug-likeness (QED) is 0.335. The summed E-state index contributed by atoms with van der Waals surface area (Å²) in [5.41, 5.74) is 11.2. The van der Waals surface area contributed by atoms with Gasteiger partial charge in [-0.05, 0) is 49.7 Å². The Bertz CT molecular complexity index is 1170. The molecule has 0 unspecified atom stereocenters. The number of aryl methyl sites for hydroxylation is 1. The van der Waals surface area contributed by atoms with Crippen LogP contribution in [0.2, 0.25) is 0 Å². The SMILES string of the molecule is COC(=O)c1sc(Nc2cc(CN3CCN(C)CC3)ccc2N)cc1O[C@H](C)c1ccccc1C. The van der Waals surface area contributed by atoms with Gasteiger partial charge in [-0.2, -0.15) is 0 Å². The normalized spacial score (nSPS) is 15.5. The van der Waals surface area contributed by atoms with Gasteiger partial charge >= 0.3 is 5.97 Å². The summed E-state index contributed by atoms with van der Waals surface area (Å²) in [5, 5.41) is 4.16. The lowest BCUT2D eigenvalue weighted by atomic mass is 10.0. The zero-order valence-electron chi connectivity index (χ0n) is 20.8. The Morgan fingerprint density at radius 2 is 1.89 bits per heavy atom. The second kappa shape index (κ2) is 11.1. The first-order valence-corrected chi connectivity index (χ1v) is 12.7. The van der Waals surface area contributed by atoms with Gasteiger partial charge in [0.05, 0.1) is 23.5 Å². The van der Waals surface area contributed by atoms with Crippen LogP contribution in [-0.2, 0) is 11.3 Å². The van der Waals surface area contributed by atoms with E-state index in [0.29, 0.717) is 16.3 Å². The number of rotatable bonds is 8. The van der Waals surface area contributed by atoms with Crippen LogP contribution in [-0.4, -0.2) is 56.1 Å². The second-order valence-electron chi connectivity index (χ2n) is 9.04. The van der Waals surface area contributed by atoms with Gasteiger partial charge in [0.2, 0.25) is 0 Å². The highest BCUT2D eigenvalue weighted by atomic mass is 32.1. The summed E-state index contributed by atoms with van der Waals surface area (Å²) in [6, 6.07) is 16.0. The highest BCUT2D eigenvalue weighted by molar-refractivity contribution is 7.18. The smallest absolute Gasteiger partial charge is 0.351 e. The van der Waals surface area contributed by atoms with Gasteiger partial charge in [-0.15, -0.1) is 11.3 Å². The number of carbonyl (C=O) groups excluding carboxylic acids is 1. The first-order chi connectivity index (χ1) is 16.8. The Balaban J connectivity index is 1.53.